The van der Waals surface area contributed by atoms with Gasteiger partial charge in [-0.15, -0.1) is 0 Å². The fourth-order valence-corrected chi connectivity index (χ4v) is 2.97. The van der Waals surface area contributed by atoms with Crippen LogP contribution in [0.5, 0.6) is 0 Å². The number of anilines is 1. The number of pyridine rings is 1. The number of aryl methyl sites for hydroxylation is 2. The van der Waals surface area contributed by atoms with Crippen LogP contribution in [-0.2, 0) is 4.74 Å². The van der Waals surface area contributed by atoms with Crippen LogP contribution in [-0.4, -0.2) is 40.9 Å². The molecule has 176 valence electrons. The molecule has 2 aromatic carbocycles. The minimum Gasteiger partial charge on any atom is -0.385 e. The van der Waals surface area contributed by atoms with Gasteiger partial charge in [-0.25, -0.2) is 9.59 Å². The lowest BCUT2D eigenvalue weighted by Gasteiger charge is -2.10. The Labute approximate surface area is 194 Å². The van der Waals surface area contributed by atoms with E-state index in [1.807, 2.05) is 31.1 Å². The van der Waals surface area contributed by atoms with Crippen LogP contribution >= 0.6 is 0 Å². The lowest BCUT2D eigenvalue weighted by atomic mass is 10.1. The molecule has 0 saturated heterocycles. The second-order valence-electron chi connectivity index (χ2n) is 7.23. The second kappa shape index (κ2) is 11.3. The Morgan fingerprint density at radius 2 is 1.21 bits per heavy atom. The molecule has 3 aromatic rings. The van der Waals surface area contributed by atoms with E-state index in [4.69, 9.17) is 0 Å². The summed E-state index contributed by atoms with van der Waals surface area (Å²) >= 11 is 0. The van der Waals surface area contributed by atoms with Crippen molar-refractivity contribution in [1.29, 1.82) is 0 Å². The van der Waals surface area contributed by atoms with Crippen molar-refractivity contribution in [3.05, 3.63) is 103 Å². The van der Waals surface area contributed by atoms with Gasteiger partial charge in [-0.05, 0) is 37.1 Å². The molecule has 1 heterocycles. The zero-order valence-corrected chi connectivity index (χ0v) is 18.9. The standard InChI is InChI=1S/C16H12N2O7.C7H10N2/c1-9-5-3-7-11(17(21)22)13(9)15(19)25-16(20)14-10(2)6-4-8-12(14)18(23)24;1-9(2)7-3-5-8-6-4-7/h3-8H,1-2H3;3-6H,1-2H3. The maximum Gasteiger partial charge on any atom is 0.353 e. The maximum absolute atomic E-state index is 12.2. The molecule has 1 aromatic heterocycles. The van der Waals surface area contributed by atoms with Gasteiger partial charge in [-0.3, -0.25) is 25.2 Å². The second-order valence-corrected chi connectivity index (χ2v) is 7.23. The quantitative estimate of drug-likeness (QED) is 0.233. The number of benzene rings is 2. The monoisotopic (exact) mass is 466 g/mol. The lowest BCUT2D eigenvalue weighted by molar-refractivity contribution is -0.385. The topological polar surface area (TPSA) is 146 Å². The number of hydrogen-bond acceptors (Lipinski definition) is 9. The molecule has 0 aliphatic heterocycles. The highest BCUT2D eigenvalue weighted by Crippen LogP contribution is 2.26. The molecule has 0 radical (unpaired) electrons. The Morgan fingerprint density at radius 3 is 1.53 bits per heavy atom. The summed E-state index contributed by atoms with van der Waals surface area (Å²) in [5, 5.41) is 22.1. The minimum absolute atomic E-state index is 0.242. The molecule has 0 amide bonds. The van der Waals surface area contributed by atoms with Crippen molar-refractivity contribution in [2.24, 2.45) is 0 Å². The number of nitrogens with zero attached hydrogens (tertiary/aromatic N) is 4. The molecule has 34 heavy (non-hydrogen) atoms. The van der Waals surface area contributed by atoms with Crippen LogP contribution in [0.4, 0.5) is 17.1 Å². The third kappa shape index (κ3) is 6.19. The Hall–Kier alpha value is -4.67. The summed E-state index contributed by atoms with van der Waals surface area (Å²) in [7, 11) is 4.02. The first-order valence-electron chi connectivity index (χ1n) is 9.86. The molecule has 11 heteroatoms. The molecule has 0 unspecified atom stereocenters. The molecule has 0 bridgehead atoms. The molecule has 0 fully saturated rings. The summed E-state index contributed by atoms with van der Waals surface area (Å²) in [5.74, 6) is -2.49. The normalized spacial score (nSPS) is 9.88. The van der Waals surface area contributed by atoms with Crippen LogP contribution in [0.2, 0.25) is 0 Å². The molecule has 11 nitrogen and oxygen atoms in total. The van der Waals surface area contributed by atoms with Gasteiger partial charge >= 0.3 is 11.9 Å². The number of aromatic nitrogens is 1. The number of carbonyl (C=O) groups is 2. The van der Waals surface area contributed by atoms with Crippen molar-refractivity contribution in [3.8, 4) is 0 Å². The first-order chi connectivity index (χ1) is 16.0. The molecule has 0 N–H and O–H groups in total. The van der Waals surface area contributed by atoms with Gasteiger partial charge in [0.05, 0.1) is 9.85 Å². The smallest absolute Gasteiger partial charge is 0.353 e. The van der Waals surface area contributed by atoms with E-state index in [0.29, 0.717) is 0 Å². The van der Waals surface area contributed by atoms with Crippen LogP contribution in [0.1, 0.15) is 31.8 Å². The van der Waals surface area contributed by atoms with Crippen molar-refractivity contribution < 1.29 is 24.2 Å². The number of ether oxygens (including phenoxy) is 1. The lowest BCUT2D eigenvalue weighted by Crippen LogP contribution is -2.17. The Bertz CT molecular complexity index is 1150. The van der Waals surface area contributed by atoms with E-state index in [-0.39, 0.29) is 22.3 Å². The molecule has 3 rings (SSSR count). The van der Waals surface area contributed by atoms with Gasteiger partial charge in [0, 0.05) is 44.3 Å². The van der Waals surface area contributed by atoms with Crippen molar-refractivity contribution >= 4 is 29.0 Å². The third-order valence-corrected chi connectivity index (χ3v) is 4.67. The van der Waals surface area contributed by atoms with E-state index in [2.05, 4.69) is 9.72 Å². The van der Waals surface area contributed by atoms with Gasteiger partial charge in [-0.2, -0.15) is 0 Å². The summed E-state index contributed by atoms with van der Waals surface area (Å²) in [5.41, 5.74) is -0.120. The summed E-state index contributed by atoms with van der Waals surface area (Å²) in [6.45, 7) is 2.90. The van der Waals surface area contributed by atoms with Crippen molar-refractivity contribution in [2.75, 3.05) is 19.0 Å². The van der Waals surface area contributed by atoms with Gasteiger partial charge in [-0.1, -0.05) is 24.3 Å². The fraction of sp³-hybridized carbons (Fsp3) is 0.174. The zero-order chi connectivity index (χ0) is 25.4. The summed E-state index contributed by atoms with van der Waals surface area (Å²) in [6, 6.07) is 11.8. The Balaban J connectivity index is 0.000000379. The third-order valence-electron chi connectivity index (χ3n) is 4.67. The molecule has 0 saturated carbocycles. The molecule has 0 atom stereocenters. The van der Waals surface area contributed by atoms with E-state index >= 15 is 0 Å². The largest absolute Gasteiger partial charge is 0.385 e. The van der Waals surface area contributed by atoms with Gasteiger partial charge < -0.3 is 9.64 Å². The average Bonchev–Trinajstić information content (AvgIpc) is 2.79. The Kier molecular flexibility index (Phi) is 8.48. The van der Waals surface area contributed by atoms with E-state index in [1.165, 1.54) is 43.8 Å². The van der Waals surface area contributed by atoms with Crippen LogP contribution in [0.3, 0.4) is 0 Å². The number of nitro groups is 2. The highest BCUT2D eigenvalue weighted by atomic mass is 16.6. The van der Waals surface area contributed by atoms with Crippen LogP contribution in [0.15, 0.2) is 60.9 Å². The Morgan fingerprint density at radius 1 is 0.794 bits per heavy atom. The van der Waals surface area contributed by atoms with Crippen molar-refractivity contribution in [3.63, 3.8) is 0 Å². The number of hydrogen-bond donors (Lipinski definition) is 0. The predicted molar refractivity (Wildman–Crippen MR) is 124 cm³/mol. The summed E-state index contributed by atoms with van der Waals surface area (Å²) in [6.07, 6.45) is 3.57. The van der Waals surface area contributed by atoms with Gasteiger partial charge in [0.25, 0.3) is 11.4 Å². The minimum atomic E-state index is -1.24. The maximum atomic E-state index is 12.2. The highest BCUT2D eigenvalue weighted by Gasteiger charge is 2.29. The number of carbonyl (C=O) groups excluding carboxylic acids is 2. The molecular formula is C23H22N4O7. The predicted octanol–water partition coefficient (Wildman–Crippen LogP) is 4.26. The average molecular weight is 466 g/mol. The van der Waals surface area contributed by atoms with Gasteiger partial charge in [0.2, 0.25) is 0 Å². The molecular weight excluding hydrogens is 444 g/mol. The van der Waals surface area contributed by atoms with E-state index in [9.17, 15) is 29.8 Å². The fourth-order valence-electron chi connectivity index (χ4n) is 2.97. The van der Waals surface area contributed by atoms with Crippen LogP contribution in [0.25, 0.3) is 0 Å². The first kappa shape index (κ1) is 25.6. The molecule has 0 spiro atoms. The number of nitro benzene ring substituents is 2. The summed E-state index contributed by atoms with van der Waals surface area (Å²) < 4.78 is 4.68. The number of esters is 2. The van der Waals surface area contributed by atoms with Gasteiger partial charge in [0.15, 0.2) is 0 Å². The van der Waals surface area contributed by atoms with E-state index in [0.717, 1.165) is 12.1 Å². The molecule has 0 aliphatic rings. The van der Waals surface area contributed by atoms with Crippen molar-refractivity contribution in [1.82, 2.24) is 4.98 Å². The van der Waals surface area contributed by atoms with Gasteiger partial charge in [0.1, 0.15) is 11.1 Å². The van der Waals surface area contributed by atoms with E-state index < -0.39 is 33.2 Å². The zero-order valence-electron chi connectivity index (χ0n) is 18.9. The van der Waals surface area contributed by atoms with E-state index in [1.54, 1.807) is 12.4 Å². The van der Waals surface area contributed by atoms with Crippen LogP contribution < -0.4 is 4.90 Å². The highest BCUT2D eigenvalue weighted by molar-refractivity contribution is 6.07. The summed E-state index contributed by atoms with van der Waals surface area (Å²) in [4.78, 5) is 51.0. The number of rotatable bonds is 5. The molecule has 0 aliphatic carbocycles. The first-order valence-corrected chi connectivity index (χ1v) is 9.86. The SMILES string of the molecule is CN(C)c1ccncc1.Cc1cccc([N+](=O)[O-])c1C(=O)OC(=O)c1c(C)cccc1[N+](=O)[O-]. The van der Waals surface area contributed by atoms with Crippen molar-refractivity contribution in [2.45, 2.75) is 13.8 Å². The van der Waals surface area contributed by atoms with Crippen LogP contribution in [0, 0.1) is 34.1 Å².